The van der Waals surface area contributed by atoms with E-state index in [9.17, 15) is 31.5 Å². The normalized spacial score (nSPS) is 16.8. The molecule has 1 fully saturated rings. The number of likely N-dealkylation sites (tertiary alicyclic amines) is 1. The van der Waals surface area contributed by atoms with Gasteiger partial charge in [-0.3, -0.25) is 14.6 Å². The van der Waals surface area contributed by atoms with Crippen molar-refractivity contribution in [1.29, 1.82) is 0 Å². The van der Waals surface area contributed by atoms with E-state index >= 15 is 0 Å². The summed E-state index contributed by atoms with van der Waals surface area (Å²) in [5, 5.41) is 3.44. The Morgan fingerprint density at radius 1 is 0.976 bits per heavy atom. The first-order valence-corrected chi connectivity index (χ1v) is 13.3. The number of nitrogens with zero attached hydrogens (tertiary/aromatic N) is 2. The number of rotatable bonds is 6. The van der Waals surface area contributed by atoms with Crippen molar-refractivity contribution in [3.63, 3.8) is 0 Å². The number of esters is 1. The second kappa shape index (κ2) is 11.2. The van der Waals surface area contributed by atoms with Gasteiger partial charge in [-0.2, -0.15) is 0 Å². The second-order valence-corrected chi connectivity index (χ2v) is 10.6. The van der Waals surface area contributed by atoms with E-state index in [-0.39, 0.29) is 17.2 Å². The third kappa shape index (κ3) is 6.18. The number of hydrogen-bond acceptors (Lipinski definition) is 6. The summed E-state index contributed by atoms with van der Waals surface area (Å²) in [4.78, 5) is 30.1. The first-order chi connectivity index (χ1) is 19.8. The van der Waals surface area contributed by atoms with Gasteiger partial charge < -0.3 is 14.8 Å². The fourth-order valence-electron chi connectivity index (χ4n) is 5.35. The zero-order valence-electron chi connectivity index (χ0n) is 22.8. The van der Waals surface area contributed by atoms with Crippen LogP contribution in [0.4, 0.5) is 33.3 Å². The highest BCUT2D eigenvalue weighted by Gasteiger charge is 2.47. The molecule has 2 heterocycles. The summed E-state index contributed by atoms with van der Waals surface area (Å²) in [5.74, 6) is -3.23. The van der Waals surface area contributed by atoms with E-state index in [0.29, 0.717) is 49.4 Å². The number of nitrogens with one attached hydrogen (secondary N) is 1. The maximum absolute atomic E-state index is 14.0. The third-order valence-corrected chi connectivity index (χ3v) is 7.23. The monoisotopic (exact) mass is 589 g/mol. The summed E-state index contributed by atoms with van der Waals surface area (Å²) in [6.07, 6.45) is -4.45. The second-order valence-electron chi connectivity index (χ2n) is 10.6. The van der Waals surface area contributed by atoms with E-state index < -0.39 is 41.3 Å². The van der Waals surface area contributed by atoms with E-state index in [0.717, 1.165) is 24.3 Å². The van der Waals surface area contributed by atoms with Crippen LogP contribution < -0.4 is 15.0 Å². The van der Waals surface area contributed by atoms with Crippen LogP contribution in [0.25, 0.3) is 0 Å². The summed E-state index contributed by atoms with van der Waals surface area (Å²) in [6, 6.07) is 13.3. The summed E-state index contributed by atoms with van der Waals surface area (Å²) in [5.41, 5.74) is 0.915. The first kappa shape index (κ1) is 29.3. The Kier molecular flexibility index (Phi) is 7.84. The van der Waals surface area contributed by atoms with Gasteiger partial charge >= 0.3 is 12.3 Å². The van der Waals surface area contributed by atoms with Gasteiger partial charge in [-0.25, -0.2) is 13.6 Å². The van der Waals surface area contributed by atoms with E-state index in [1.807, 2.05) is 4.90 Å². The maximum atomic E-state index is 14.0. The van der Waals surface area contributed by atoms with Crippen molar-refractivity contribution in [3.8, 4) is 5.75 Å². The topological polar surface area (TPSA) is 71.1 Å². The molecule has 2 aliphatic rings. The van der Waals surface area contributed by atoms with Gasteiger partial charge in [0.25, 0.3) is 5.91 Å². The molecular weight excluding hydrogens is 561 g/mol. The first-order valence-electron chi connectivity index (χ1n) is 13.3. The van der Waals surface area contributed by atoms with Gasteiger partial charge in [-0.1, -0.05) is 6.07 Å². The van der Waals surface area contributed by atoms with Gasteiger partial charge in [-0.15, -0.1) is 13.2 Å². The van der Waals surface area contributed by atoms with Crippen molar-refractivity contribution in [2.45, 2.75) is 51.4 Å². The number of carbonyl (C=O) groups excluding carboxylic acids is 2. The zero-order chi connectivity index (χ0) is 30.2. The predicted octanol–water partition coefficient (Wildman–Crippen LogP) is 6.49. The fraction of sp³-hybridized carbons (Fsp3) is 0.333. The molecule has 1 amide bonds. The Balaban J connectivity index is 1.46. The average Bonchev–Trinajstić information content (AvgIpc) is 2.91. The molecule has 3 aromatic rings. The Bertz CT molecular complexity index is 1490. The molecule has 5 rings (SSSR count). The smallest absolute Gasteiger partial charge is 0.459 e. The minimum absolute atomic E-state index is 0.260. The lowest BCUT2D eigenvalue weighted by molar-refractivity contribution is -0.274. The minimum Gasteiger partial charge on any atom is -0.459 e. The maximum Gasteiger partial charge on any atom is 0.573 e. The number of carbonyl (C=O) groups is 2. The number of hydrogen-bond donors (Lipinski definition) is 1. The van der Waals surface area contributed by atoms with E-state index in [2.05, 4.69) is 10.1 Å². The Hall–Kier alpha value is -4.19. The average molecular weight is 590 g/mol. The van der Waals surface area contributed by atoms with Crippen LogP contribution >= 0.6 is 0 Å². The fourth-order valence-corrected chi connectivity index (χ4v) is 5.35. The molecule has 0 aliphatic carbocycles. The Labute approximate surface area is 238 Å². The molecule has 2 aliphatic heterocycles. The van der Waals surface area contributed by atoms with Crippen LogP contribution in [0.5, 0.6) is 5.75 Å². The molecule has 0 bridgehead atoms. The van der Waals surface area contributed by atoms with Crippen molar-refractivity contribution in [2.24, 2.45) is 0 Å². The number of benzene rings is 3. The van der Waals surface area contributed by atoms with Crippen molar-refractivity contribution < 1.29 is 41.0 Å². The molecule has 0 aromatic heterocycles. The van der Waals surface area contributed by atoms with E-state index in [4.69, 9.17) is 4.74 Å². The molecule has 42 heavy (non-hydrogen) atoms. The lowest BCUT2D eigenvalue weighted by Crippen LogP contribution is -2.64. The van der Waals surface area contributed by atoms with Gasteiger partial charge in [-0.05, 0) is 74.0 Å². The SMILES string of the molecule is CC(C)OC(=O)c1ccc2c(c1)NC1(CCN(Cc3ccc(F)c(F)c3)CC1)N(c1ccc(OC(F)(F)F)cc1)C2=O. The molecule has 0 saturated carbocycles. The van der Waals surface area contributed by atoms with Gasteiger partial charge in [0.2, 0.25) is 0 Å². The number of ether oxygens (including phenoxy) is 2. The van der Waals surface area contributed by atoms with Crippen LogP contribution in [0.1, 0.15) is 53.0 Å². The zero-order valence-corrected chi connectivity index (χ0v) is 22.8. The number of fused-ring (bicyclic) bond motifs is 1. The number of anilines is 2. The molecule has 0 unspecified atom stereocenters. The van der Waals surface area contributed by atoms with Gasteiger partial charge in [0.15, 0.2) is 11.6 Å². The van der Waals surface area contributed by atoms with Crippen molar-refractivity contribution in [3.05, 3.63) is 89.0 Å². The molecule has 1 saturated heterocycles. The van der Waals surface area contributed by atoms with Crippen molar-refractivity contribution in [1.82, 2.24) is 4.90 Å². The quantitative estimate of drug-likeness (QED) is 0.262. The molecule has 3 aromatic carbocycles. The summed E-state index contributed by atoms with van der Waals surface area (Å²) in [6.45, 7) is 4.71. The lowest BCUT2D eigenvalue weighted by Gasteiger charge is -2.52. The summed E-state index contributed by atoms with van der Waals surface area (Å²) < 4.78 is 74.7. The van der Waals surface area contributed by atoms with Crippen LogP contribution in [0, 0.1) is 11.6 Å². The molecule has 7 nitrogen and oxygen atoms in total. The standard InChI is InChI=1S/C30H28F5N3O4/c1-18(2)41-28(40)20-4-9-23-26(16-20)36-29(11-13-37(14-12-29)17-19-3-10-24(31)25(32)15-19)38(27(23)39)21-5-7-22(8-6-21)42-30(33,34)35/h3-10,15-16,18,36H,11-14,17H2,1-2H3. The number of amides is 1. The molecule has 0 radical (unpaired) electrons. The Morgan fingerprint density at radius 2 is 1.67 bits per heavy atom. The summed E-state index contributed by atoms with van der Waals surface area (Å²) >= 11 is 0. The number of alkyl halides is 3. The third-order valence-electron chi connectivity index (χ3n) is 7.23. The molecule has 1 N–H and O–H groups in total. The number of piperidine rings is 1. The Morgan fingerprint density at radius 3 is 2.29 bits per heavy atom. The van der Waals surface area contributed by atoms with Gasteiger partial charge in [0.1, 0.15) is 11.4 Å². The van der Waals surface area contributed by atoms with Crippen LogP contribution in [0.15, 0.2) is 60.7 Å². The largest absolute Gasteiger partial charge is 0.573 e. The molecule has 0 atom stereocenters. The highest BCUT2D eigenvalue weighted by Crippen LogP contribution is 2.42. The van der Waals surface area contributed by atoms with Crippen LogP contribution in [-0.2, 0) is 11.3 Å². The summed E-state index contributed by atoms with van der Waals surface area (Å²) in [7, 11) is 0. The van der Waals surface area contributed by atoms with Crippen LogP contribution in [0.2, 0.25) is 0 Å². The van der Waals surface area contributed by atoms with Crippen molar-refractivity contribution in [2.75, 3.05) is 23.3 Å². The highest BCUT2D eigenvalue weighted by molar-refractivity contribution is 6.13. The van der Waals surface area contributed by atoms with E-state index in [1.54, 1.807) is 19.9 Å². The van der Waals surface area contributed by atoms with Crippen LogP contribution in [0.3, 0.4) is 0 Å². The predicted molar refractivity (Wildman–Crippen MR) is 144 cm³/mol. The van der Waals surface area contributed by atoms with E-state index in [1.165, 1.54) is 35.2 Å². The lowest BCUT2D eigenvalue weighted by atomic mass is 9.88. The molecule has 222 valence electrons. The molecule has 12 heteroatoms. The van der Waals surface area contributed by atoms with Gasteiger partial charge in [0.05, 0.1) is 17.2 Å². The minimum atomic E-state index is -4.86. The van der Waals surface area contributed by atoms with Gasteiger partial charge in [0, 0.05) is 43.9 Å². The van der Waals surface area contributed by atoms with Crippen LogP contribution in [-0.4, -0.2) is 48.0 Å². The van der Waals surface area contributed by atoms with Crippen molar-refractivity contribution >= 4 is 23.3 Å². The molecule has 1 spiro atoms. The molecular formula is C30H28F5N3O4. The number of halogens is 5. The highest BCUT2D eigenvalue weighted by atomic mass is 19.4.